The molecule has 4 heteroatoms. The minimum atomic E-state index is -0.328. The molecule has 0 atom stereocenters. The van der Waals surface area contributed by atoms with E-state index >= 15 is 0 Å². The quantitative estimate of drug-likeness (QED) is 0.727. The highest BCUT2D eigenvalue weighted by molar-refractivity contribution is 5.75. The number of carbonyl (C=O) groups is 2. The average Bonchev–Trinajstić information content (AvgIpc) is 2.33. The maximum atomic E-state index is 11.0. The molecular weight excluding hydrogens is 232 g/mol. The molecule has 1 aromatic carbocycles. The Morgan fingerprint density at radius 3 is 2.39 bits per heavy atom. The van der Waals surface area contributed by atoms with Gasteiger partial charge in [-0.2, -0.15) is 0 Å². The first-order valence-electron chi connectivity index (χ1n) is 5.82. The van der Waals surface area contributed by atoms with Crippen LogP contribution < -0.4 is 4.74 Å². The van der Waals surface area contributed by atoms with Crippen molar-refractivity contribution >= 4 is 11.8 Å². The summed E-state index contributed by atoms with van der Waals surface area (Å²) < 4.78 is 10.3. The summed E-state index contributed by atoms with van der Waals surface area (Å²) in [6.45, 7) is 3.12. The zero-order chi connectivity index (χ0) is 13.5. The second-order valence-corrected chi connectivity index (χ2v) is 4.09. The number of methoxy groups -OCH3 is 1. The monoisotopic (exact) mass is 250 g/mol. The number of hydrogen-bond acceptors (Lipinski definition) is 4. The number of esters is 1. The molecule has 0 aliphatic rings. The van der Waals surface area contributed by atoms with E-state index in [1.165, 1.54) is 6.92 Å². The van der Waals surface area contributed by atoms with Crippen LogP contribution in [0, 0.1) is 0 Å². The van der Waals surface area contributed by atoms with E-state index in [1.807, 2.05) is 18.2 Å². The molecule has 0 amide bonds. The SMILES string of the molecule is COc1c(CCC(C)=O)cccc1COC(C)=O. The lowest BCUT2D eigenvalue weighted by Gasteiger charge is -2.13. The Hall–Kier alpha value is -1.84. The van der Waals surface area contributed by atoms with Gasteiger partial charge in [-0.15, -0.1) is 0 Å². The summed E-state index contributed by atoms with van der Waals surface area (Å²) in [5.74, 6) is 0.508. The van der Waals surface area contributed by atoms with Crippen LogP contribution in [0.3, 0.4) is 0 Å². The third kappa shape index (κ3) is 4.20. The van der Waals surface area contributed by atoms with Crippen LogP contribution in [0.1, 0.15) is 31.4 Å². The van der Waals surface area contributed by atoms with Crippen LogP contribution in [0.4, 0.5) is 0 Å². The molecule has 0 radical (unpaired) electrons. The van der Waals surface area contributed by atoms with Gasteiger partial charge in [0, 0.05) is 18.9 Å². The van der Waals surface area contributed by atoms with E-state index in [9.17, 15) is 9.59 Å². The first-order valence-corrected chi connectivity index (χ1v) is 5.82. The maximum absolute atomic E-state index is 11.0. The summed E-state index contributed by atoms with van der Waals surface area (Å²) in [5, 5.41) is 0. The Morgan fingerprint density at radius 2 is 1.83 bits per heavy atom. The van der Waals surface area contributed by atoms with Crippen LogP contribution in [-0.2, 0) is 27.4 Å². The largest absolute Gasteiger partial charge is 0.496 e. The van der Waals surface area contributed by atoms with Crippen LogP contribution in [-0.4, -0.2) is 18.9 Å². The summed E-state index contributed by atoms with van der Waals surface area (Å²) in [6, 6.07) is 5.63. The van der Waals surface area contributed by atoms with Gasteiger partial charge in [-0.1, -0.05) is 18.2 Å². The van der Waals surface area contributed by atoms with Gasteiger partial charge >= 0.3 is 5.97 Å². The summed E-state index contributed by atoms with van der Waals surface area (Å²) in [6.07, 6.45) is 1.11. The Bertz CT molecular complexity index is 401. The van der Waals surface area contributed by atoms with Crippen LogP contribution in [0.2, 0.25) is 0 Å². The molecule has 0 heterocycles. The highest BCUT2D eigenvalue weighted by Gasteiger charge is 2.10. The van der Waals surface area contributed by atoms with Crippen molar-refractivity contribution in [1.82, 2.24) is 0 Å². The van der Waals surface area contributed by atoms with E-state index in [4.69, 9.17) is 9.47 Å². The second kappa shape index (κ2) is 6.79. The molecule has 18 heavy (non-hydrogen) atoms. The average molecular weight is 250 g/mol. The van der Waals surface area contributed by atoms with Crippen molar-refractivity contribution in [2.45, 2.75) is 33.3 Å². The normalized spacial score (nSPS) is 9.94. The predicted molar refractivity (Wildman–Crippen MR) is 67.5 cm³/mol. The van der Waals surface area contributed by atoms with Gasteiger partial charge in [0.25, 0.3) is 0 Å². The number of ketones is 1. The topological polar surface area (TPSA) is 52.6 Å². The van der Waals surface area contributed by atoms with Crippen LogP contribution in [0.15, 0.2) is 18.2 Å². The molecule has 0 N–H and O–H groups in total. The van der Waals surface area contributed by atoms with E-state index in [1.54, 1.807) is 14.0 Å². The smallest absolute Gasteiger partial charge is 0.302 e. The van der Waals surface area contributed by atoms with E-state index in [-0.39, 0.29) is 18.4 Å². The number of benzene rings is 1. The molecule has 1 aromatic rings. The molecule has 0 aliphatic carbocycles. The van der Waals surface area contributed by atoms with E-state index in [0.717, 1.165) is 11.1 Å². The second-order valence-electron chi connectivity index (χ2n) is 4.09. The van der Waals surface area contributed by atoms with Crippen molar-refractivity contribution in [2.75, 3.05) is 7.11 Å². The molecule has 98 valence electrons. The molecule has 0 bridgehead atoms. The first-order chi connectivity index (χ1) is 8.54. The lowest BCUT2D eigenvalue weighted by atomic mass is 10.0. The highest BCUT2D eigenvalue weighted by atomic mass is 16.5. The Morgan fingerprint density at radius 1 is 1.17 bits per heavy atom. The van der Waals surface area contributed by atoms with E-state index < -0.39 is 0 Å². The first kappa shape index (κ1) is 14.2. The number of ether oxygens (including phenoxy) is 2. The van der Waals surface area contributed by atoms with Crippen molar-refractivity contribution in [3.63, 3.8) is 0 Å². The summed E-state index contributed by atoms with van der Waals surface area (Å²) in [7, 11) is 1.57. The molecule has 0 aliphatic heterocycles. The summed E-state index contributed by atoms with van der Waals surface area (Å²) >= 11 is 0. The van der Waals surface area contributed by atoms with Gasteiger partial charge in [0.1, 0.15) is 18.1 Å². The van der Waals surface area contributed by atoms with Crippen molar-refractivity contribution in [1.29, 1.82) is 0 Å². The maximum Gasteiger partial charge on any atom is 0.302 e. The van der Waals surface area contributed by atoms with Gasteiger partial charge in [-0.3, -0.25) is 4.79 Å². The Labute approximate surface area is 107 Å². The molecule has 0 saturated carbocycles. The molecule has 0 aromatic heterocycles. The Kier molecular flexibility index (Phi) is 5.36. The van der Waals surface area contributed by atoms with E-state index in [0.29, 0.717) is 18.6 Å². The fourth-order valence-corrected chi connectivity index (χ4v) is 1.70. The molecule has 1 rings (SSSR count). The lowest BCUT2D eigenvalue weighted by Crippen LogP contribution is -2.04. The molecule has 0 fully saturated rings. The van der Waals surface area contributed by atoms with Crippen LogP contribution >= 0.6 is 0 Å². The minimum absolute atomic E-state index is 0.141. The van der Waals surface area contributed by atoms with Gasteiger partial charge < -0.3 is 14.3 Å². The third-order valence-corrected chi connectivity index (χ3v) is 2.56. The predicted octanol–water partition coefficient (Wildman–Crippen LogP) is 2.28. The number of rotatable bonds is 6. The third-order valence-electron chi connectivity index (χ3n) is 2.56. The number of aryl methyl sites for hydroxylation is 1. The zero-order valence-corrected chi connectivity index (χ0v) is 11.0. The molecule has 0 spiro atoms. The van der Waals surface area contributed by atoms with Gasteiger partial charge in [0.2, 0.25) is 0 Å². The highest BCUT2D eigenvalue weighted by Crippen LogP contribution is 2.25. The van der Waals surface area contributed by atoms with Crippen molar-refractivity contribution in [2.24, 2.45) is 0 Å². The fraction of sp³-hybridized carbons (Fsp3) is 0.429. The van der Waals surface area contributed by atoms with Crippen LogP contribution in [0.25, 0.3) is 0 Å². The number of para-hydroxylation sites is 1. The summed E-state index contributed by atoms with van der Waals surface area (Å²) in [4.78, 5) is 21.8. The van der Waals surface area contributed by atoms with Gasteiger partial charge in [0.15, 0.2) is 0 Å². The van der Waals surface area contributed by atoms with Gasteiger partial charge in [-0.25, -0.2) is 0 Å². The minimum Gasteiger partial charge on any atom is -0.496 e. The van der Waals surface area contributed by atoms with Crippen molar-refractivity contribution in [3.05, 3.63) is 29.3 Å². The molecule has 0 unspecified atom stereocenters. The standard InChI is InChI=1S/C14H18O4/c1-10(15)7-8-12-5-4-6-13(14(12)17-3)9-18-11(2)16/h4-6H,7-9H2,1-3H3. The van der Waals surface area contributed by atoms with Crippen molar-refractivity contribution in [3.8, 4) is 5.75 Å². The van der Waals surface area contributed by atoms with Crippen LogP contribution in [0.5, 0.6) is 5.75 Å². The molecular formula is C14H18O4. The van der Waals surface area contributed by atoms with E-state index in [2.05, 4.69) is 0 Å². The van der Waals surface area contributed by atoms with Gasteiger partial charge in [-0.05, 0) is 18.9 Å². The Balaban J connectivity index is 2.87. The number of Topliss-reactive ketones (excluding diaryl/α,β-unsaturated/α-hetero) is 1. The number of carbonyl (C=O) groups excluding carboxylic acids is 2. The zero-order valence-electron chi connectivity index (χ0n) is 11.0. The molecule has 4 nitrogen and oxygen atoms in total. The number of hydrogen-bond donors (Lipinski definition) is 0. The van der Waals surface area contributed by atoms with Crippen molar-refractivity contribution < 1.29 is 19.1 Å². The van der Waals surface area contributed by atoms with Gasteiger partial charge in [0.05, 0.1) is 7.11 Å². The lowest BCUT2D eigenvalue weighted by molar-refractivity contribution is -0.142. The fourth-order valence-electron chi connectivity index (χ4n) is 1.70. The molecule has 0 saturated heterocycles. The summed E-state index contributed by atoms with van der Waals surface area (Å²) in [5.41, 5.74) is 1.77.